The summed E-state index contributed by atoms with van der Waals surface area (Å²) in [6.07, 6.45) is -4.65. The van der Waals surface area contributed by atoms with Crippen molar-refractivity contribution in [2.24, 2.45) is 5.92 Å². The molecule has 0 spiro atoms. The maximum Gasteiger partial charge on any atom is 0.229 e. The second kappa shape index (κ2) is 8.20. The molecular weight excluding hydrogens is 408 g/mol. The third kappa shape index (κ3) is 3.96. The number of aliphatic hydroxyl groups excluding tert-OH is 3. The number of rotatable bonds is 4. The highest BCUT2D eigenvalue weighted by atomic mass is 16.7. The number of phenols is 2. The molecule has 2 heterocycles. The van der Waals surface area contributed by atoms with Crippen LogP contribution in [0.25, 0.3) is 22.3 Å². The predicted molar refractivity (Wildman–Crippen MR) is 109 cm³/mol. The minimum Gasteiger partial charge on any atom is -0.508 e. The van der Waals surface area contributed by atoms with E-state index in [2.05, 4.69) is 0 Å². The minimum atomic E-state index is -1.40. The monoisotopic (exact) mass is 430 g/mol. The summed E-state index contributed by atoms with van der Waals surface area (Å²) in [5.74, 6) is -0.609. The lowest BCUT2D eigenvalue weighted by Gasteiger charge is -2.40. The number of hydrogen-bond acceptors (Lipinski definition) is 9. The maximum atomic E-state index is 12.5. The zero-order chi connectivity index (χ0) is 22.3. The van der Waals surface area contributed by atoms with Gasteiger partial charge >= 0.3 is 0 Å². The molecular formula is C22H22O9. The second-order valence-corrected chi connectivity index (χ2v) is 7.52. The first-order chi connectivity index (χ1) is 14.8. The van der Waals surface area contributed by atoms with Crippen LogP contribution in [0.15, 0.2) is 51.7 Å². The highest BCUT2D eigenvalue weighted by molar-refractivity contribution is 5.86. The van der Waals surface area contributed by atoms with E-state index in [1.54, 1.807) is 19.1 Å². The minimum absolute atomic E-state index is 0.0264. The molecule has 1 fully saturated rings. The van der Waals surface area contributed by atoms with Crippen molar-refractivity contribution in [3.05, 3.63) is 52.7 Å². The van der Waals surface area contributed by atoms with Gasteiger partial charge in [0.15, 0.2) is 5.43 Å². The second-order valence-electron chi connectivity index (χ2n) is 7.52. The molecule has 9 heteroatoms. The van der Waals surface area contributed by atoms with Gasteiger partial charge in [0.25, 0.3) is 0 Å². The molecule has 1 aromatic heterocycles. The molecule has 9 nitrogen and oxygen atoms in total. The summed E-state index contributed by atoms with van der Waals surface area (Å²) in [6.45, 7) is 1.25. The van der Waals surface area contributed by atoms with Crippen LogP contribution >= 0.6 is 0 Å². The van der Waals surface area contributed by atoms with Crippen molar-refractivity contribution < 1.29 is 39.4 Å². The standard InChI is InChI=1S/C22H22O9/c1-10-18(9-23)31-22(21(28)20(10)27)29-13-6-14(25)19-15(26)8-16(30-17(19)7-13)11-2-4-12(24)5-3-11/h2-8,10,18,20-25,27-28H,9H2,1H3. The number of ether oxygens (including phenoxy) is 2. The predicted octanol–water partition coefficient (Wildman–Crippen LogP) is 1.33. The van der Waals surface area contributed by atoms with Crippen LogP contribution in [0.2, 0.25) is 0 Å². The number of aliphatic hydroxyl groups is 3. The van der Waals surface area contributed by atoms with E-state index in [1.807, 2.05) is 0 Å². The van der Waals surface area contributed by atoms with Crippen molar-refractivity contribution in [3.63, 3.8) is 0 Å². The average Bonchev–Trinajstić information content (AvgIpc) is 2.74. The van der Waals surface area contributed by atoms with Crippen molar-refractivity contribution in [1.82, 2.24) is 0 Å². The molecule has 5 unspecified atom stereocenters. The van der Waals surface area contributed by atoms with Crippen LogP contribution in [0, 0.1) is 5.92 Å². The van der Waals surface area contributed by atoms with E-state index in [4.69, 9.17) is 13.9 Å². The van der Waals surface area contributed by atoms with Gasteiger partial charge in [0.1, 0.15) is 40.1 Å². The van der Waals surface area contributed by atoms with Gasteiger partial charge < -0.3 is 39.4 Å². The Morgan fingerprint density at radius 1 is 1.03 bits per heavy atom. The van der Waals surface area contributed by atoms with Gasteiger partial charge in [-0.05, 0) is 24.3 Å². The fourth-order valence-electron chi connectivity index (χ4n) is 3.59. The van der Waals surface area contributed by atoms with Crippen LogP contribution in [-0.2, 0) is 4.74 Å². The van der Waals surface area contributed by atoms with Gasteiger partial charge in [-0.15, -0.1) is 0 Å². The number of benzene rings is 2. The van der Waals surface area contributed by atoms with Gasteiger partial charge in [-0.3, -0.25) is 4.79 Å². The fraction of sp³-hybridized carbons (Fsp3) is 0.318. The first-order valence-electron chi connectivity index (χ1n) is 9.68. The molecule has 0 aliphatic carbocycles. The Bertz CT molecular complexity index is 1140. The van der Waals surface area contributed by atoms with Crippen molar-refractivity contribution in [1.29, 1.82) is 0 Å². The van der Waals surface area contributed by atoms with Crippen LogP contribution in [0.4, 0.5) is 0 Å². The Hall–Kier alpha value is -3.11. The SMILES string of the molecule is CC1C(CO)OC(Oc2cc(O)c3c(=O)cc(-c4ccc(O)cc4)oc3c2)C(O)C1O. The Morgan fingerprint density at radius 3 is 2.42 bits per heavy atom. The lowest BCUT2D eigenvalue weighted by molar-refractivity contribution is -0.260. The zero-order valence-corrected chi connectivity index (χ0v) is 16.5. The number of aromatic hydroxyl groups is 2. The van der Waals surface area contributed by atoms with Crippen LogP contribution < -0.4 is 10.2 Å². The van der Waals surface area contributed by atoms with E-state index in [1.165, 1.54) is 30.3 Å². The zero-order valence-electron chi connectivity index (χ0n) is 16.5. The lowest BCUT2D eigenvalue weighted by atomic mass is 9.91. The van der Waals surface area contributed by atoms with Crippen molar-refractivity contribution in [2.45, 2.75) is 31.5 Å². The summed E-state index contributed by atoms with van der Waals surface area (Å²) in [6, 6.07) is 9.80. The molecule has 4 rings (SSSR count). The molecule has 31 heavy (non-hydrogen) atoms. The normalized spacial score (nSPS) is 26.1. The molecule has 1 saturated heterocycles. The highest BCUT2D eigenvalue weighted by Gasteiger charge is 2.43. The van der Waals surface area contributed by atoms with Gasteiger partial charge in [-0.2, -0.15) is 0 Å². The van der Waals surface area contributed by atoms with Gasteiger partial charge in [0, 0.05) is 29.7 Å². The Morgan fingerprint density at radius 2 is 1.74 bits per heavy atom. The molecule has 1 aliphatic heterocycles. The number of fused-ring (bicyclic) bond motifs is 1. The number of hydrogen-bond donors (Lipinski definition) is 5. The summed E-state index contributed by atoms with van der Waals surface area (Å²) in [7, 11) is 0. The largest absolute Gasteiger partial charge is 0.508 e. The lowest BCUT2D eigenvalue weighted by Crippen LogP contribution is -2.56. The molecule has 5 N–H and O–H groups in total. The van der Waals surface area contributed by atoms with E-state index in [9.17, 15) is 30.3 Å². The van der Waals surface area contributed by atoms with Crippen LogP contribution in [0.5, 0.6) is 17.2 Å². The molecule has 0 bridgehead atoms. The van der Waals surface area contributed by atoms with Crippen molar-refractivity contribution in [3.8, 4) is 28.6 Å². The fourth-order valence-corrected chi connectivity index (χ4v) is 3.59. The van der Waals surface area contributed by atoms with Gasteiger partial charge in [-0.25, -0.2) is 0 Å². The Kier molecular flexibility index (Phi) is 5.59. The molecule has 0 radical (unpaired) electrons. The summed E-state index contributed by atoms with van der Waals surface area (Å²) in [4.78, 5) is 12.5. The Labute approximate surface area is 176 Å². The van der Waals surface area contributed by atoms with E-state index >= 15 is 0 Å². The van der Waals surface area contributed by atoms with Crippen LogP contribution in [0.1, 0.15) is 6.92 Å². The van der Waals surface area contributed by atoms with Crippen molar-refractivity contribution in [2.75, 3.05) is 6.61 Å². The first-order valence-corrected chi connectivity index (χ1v) is 9.68. The summed E-state index contributed by atoms with van der Waals surface area (Å²) < 4.78 is 16.9. The first kappa shape index (κ1) is 21.1. The Balaban J connectivity index is 1.71. The number of phenolic OH excluding ortho intramolecular Hbond substituents is 2. The molecule has 164 valence electrons. The van der Waals surface area contributed by atoms with Crippen LogP contribution in [0.3, 0.4) is 0 Å². The van der Waals surface area contributed by atoms with Gasteiger partial charge in [-0.1, -0.05) is 6.92 Å². The smallest absolute Gasteiger partial charge is 0.229 e. The van der Waals surface area contributed by atoms with Gasteiger partial charge in [0.2, 0.25) is 6.29 Å². The molecule has 2 aromatic carbocycles. The third-order valence-electron chi connectivity index (χ3n) is 5.43. The highest BCUT2D eigenvalue weighted by Crippen LogP contribution is 2.34. The van der Waals surface area contributed by atoms with E-state index in [0.29, 0.717) is 5.56 Å². The molecule has 5 atom stereocenters. The molecule has 3 aromatic rings. The molecule has 1 aliphatic rings. The summed E-state index contributed by atoms with van der Waals surface area (Å²) in [5.41, 5.74) is 0.0898. The van der Waals surface area contributed by atoms with E-state index in [0.717, 1.165) is 0 Å². The van der Waals surface area contributed by atoms with Gasteiger partial charge in [0.05, 0.1) is 18.8 Å². The average molecular weight is 430 g/mol. The summed E-state index contributed by atoms with van der Waals surface area (Å²) >= 11 is 0. The maximum absolute atomic E-state index is 12.5. The van der Waals surface area contributed by atoms with Crippen LogP contribution in [-0.4, -0.2) is 56.7 Å². The quantitative estimate of drug-likeness (QED) is 0.413. The third-order valence-corrected chi connectivity index (χ3v) is 5.43. The summed E-state index contributed by atoms with van der Waals surface area (Å²) in [5, 5.41) is 49.7. The molecule has 0 amide bonds. The molecule has 0 saturated carbocycles. The van der Waals surface area contributed by atoms with E-state index in [-0.39, 0.29) is 34.8 Å². The van der Waals surface area contributed by atoms with Crippen molar-refractivity contribution >= 4 is 11.0 Å². The van der Waals surface area contributed by atoms with E-state index < -0.39 is 41.7 Å². The topological polar surface area (TPSA) is 150 Å².